The van der Waals surface area contributed by atoms with E-state index in [1.54, 1.807) is 13.0 Å². The fraction of sp³-hybridized carbons (Fsp3) is 0.333. The van der Waals surface area contributed by atoms with Gasteiger partial charge in [-0.25, -0.2) is 0 Å². The van der Waals surface area contributed by atoms with Crippen LogP contribution in [0.25, 0.3) is 0 Å². The van der Waals surface area contributed by atoms with Crippen LogP contribution < -0.4 is 0 Å². The Bertz CT molecular complexity index is 449. The van der Waals surface area contributed by atoms with Crippen LogP contribution in [0, 0.1) is 18.3 Å². The van der Waals surface area contributed by atoms with E-state index >= 15 is 0 Å². The third-order valence-electron chi connectivity index (χ3n) is 2.09. The minimum absolute atomic E-state index is 0.156. The average molecular weight is 235 g/mol. The number of hydrogen-bond acceptors (Lipinski definition) is 4. The van der Waals surface area contributed by atoms with Crippen molar-refractivity contribution in [3.05, 3.63) is 28.8 Å². The summed E-state index contributed by atoms with van der Waals surface area (Å²) in [5.41, 5.74) is 2.16. The highest BCUT2D eigenvalue weighted by Gasteiger charge is 2.11. The molecule has 0 aliphatic heterocycles. The number of hydrogen-bond donors (Lipinski definition) is 1. The molecule has 1 aromatic carbocycles. The Hall–Kier alpha value is -1.47. The van der Waals surface area contributed by atoms with Gasteiger partial charge in [0.2, 0.25) is 0 Å². The molecule has 1 rings (SSSR count). The lowest BCUT2D eigenvalue weighted by atomic mass is 10.0. The SMILES string of the molecule is CCOC(=O)Cc1cc(C)cc(C#N)c1S. The van der Waals surface area contributed by atoms with Crippen LogP contribution in [0.4, 0.5) is 0 Å². The minimum atomic E-state index is -0.299. The molecule has 0 aromatic heterocycles. The maximum atomic E-state index is 11.3. The van der Waals surface area contributed by atoms with Crippen molar-refractivity contribution in [3.8, 4) is 6.07 Å². The summed E-state index contributed by atoms with van der Waals surface area (Å²) >= 11 is 4.25. The number of ether oxygens (including phenoxy) is 1. The summed E-state index contributed by atoms with van der Waals surface area (Å²) in [6, 6.07) is 5.65. The van der Waals surface area contributed by atoms with E-state index in [1.807, 2.05) is 13.0 Å². The van der Waals surface area contributed by atoms with Gasteiger partial charge in [-0.3, -0.25) is 4.79 Å². The van der Waals surface area contributed by atoms with Crippen LogP contribution >= 0.6 is 12.6 Å². The summed E-state index contributed by atoms with van der Waals surface area (Å²) in [5, 5.41) is 8.89. The van der Waals surface area contributed by atoms with Crippen LogP contribution in [0.1, 0.15) is 23.6 Å². The Kier molecular flexibility index (Phi) is 4.39. The van der Waals surface area contributed by atoms with Crippen LogP contribution in [-0.2, 0) is 16.0 Å². The van der Waals surface area contributed by atoms with E-state index in [2.05, 4.69) is 18.7 Å². The van der Waals surface area contributed by atoms with Crippen molar-refractivity contribution in [1.29, 1.82) is 5.26 Å². The lowest BCUT2D eigenvalue weighted by Gasteiger charge is -2.07. The predicted octanol–water partition coefficient (Wildman–Crippen LogP) is 2.26. The number of esters is 1. The Morgan fingerprint density at radius 3 is 2.81 bits per heavy atom. The molecule has 0 radical (unpaired) electrons. The Balaban J connectivity index is 3.01. The van der Waals surface area contributed by atoms with E-state index in [0.29, 0.717) is 17.1 Å². The maximum Gasteiger partial charge on any atom is 0.310 e. The largest absolute Gasteiger partial charge is 0.466 e. The van der Waals surface area contributed by atoms with Crippen molar-refractivity contribution in [3.63, 3.8) is 0 Å². The highest BCUT2D eigenvalue weighted by atomic mass is 32.1. The molecule has 0 spiro atoms. The zero-order valence-corrected chi connectivity index (χ0v) is 10.2. The van der Waals surface area contributed by atoms with Crippen molar-refractivity contribution in [2.24, 2.45) is 0 Å². The smallest absolute Gasteiger partial charge is 0.310 e. The van der Waals surface area contributed by atoms with Gasteiger partial charge in [-0.1, -0.05) is 6.07 Å². The van der Waals surface area contributed by atoms with E-state index in [4.69, 9.17) is 10.00 Å². The van der Waals surface area contributed by atoms with Gasteiger partial charge in [-0.05, 0) is 31.0 Å². The maximum absolute atomic E-state index is 11.3. The number of aryl methyl sites for hydroxylation is 1. The summed E-state index contributed by atoms with van der Waals surface area (Å²) < 4.78 is 4.86. The summed E-state index contributed by atoms with van der Waals surface area (Å²) in [6.07, 6.45) is 0.156. The van der Waals surface area contributed by atoms with Crippen molar-refractivity contribution >= 4 is 18.6 Å². The number of carbonyl (C=O) groups excluding carboxylic acids is 1. The van der Waals surface area contributed by atoms with Crippen LogP contribution in [0.2, 0.25) is 0 Å². The fourth-order valence-corrected chi connectivity index (χ4v) is 1.70. The molecule has 4 heteroatoms. The minimum Gasteiger partial charge on any atom is -0.466 e. The highest BCUT2D eigenvalue weighted by Crippen LogP contribution is 2.21. The van der Waals surface area contributed by atoms with Gasteiger partial charge in [0, 0.05) is 4.90 Å². The number of nitriles is 1. The molecule has 0 fully saturated rings. The molecule has 3 nitrogen and oxygen atoms in total. The van der Waals surface area contributed by atoms with Gasteiger partial charge in [0.15, 0.2) is 0 Å². The molecule has 1 aromatic rings. The van der Waals surface area contributed by atoms with Gasteiger partial charge in [-0.2, -0.15) is 5.26 Å². The van der Waals surface area contributed by atoms with Crippen LogP contribution in [0.3, 0.4) is 0 Å². The van der Waals surface area contributed by atoms with Gasteiger partial charge in [0.25, 0.3) is 0 Å². The average Bonchev–Trinajstić information content (AvgIpc) is 2.23. The van der Waals surface area contributed by atoms with Gasteiger partial charge >= 0.3 is 5.97 Å². The first kappa shape index (κ1) is 12.6. The highest BCUT2D eigenvalue weighted by molar-refractivity contribution is 7.80. The first-order chi connectivity index (χ1) is 7.58. The molecule has 0 saturated carbocycles. The van der Waals surface area contributed by atoms with E-state index in [9.17, 15) is 4.79 Å². The molecule has 0 saturated heterocycles. The molecule has 16 heavy (non-hydrogen) atoms. The molecule has 0 aliphatic rings. The molecule has 84 valence electrons. The summed E-state index contributed by atoms with van der Waals surface area (Å²) in [6.45, 7) is 4.00. The van der Waals surface area contributed by atoms with Crippen molar-refractivity contribution < 1.29 is 9.53 Å². The van der Waals surface area contributed by atoms with Crippen LogP contribution in [-0.4, -0.2) is 12.6 Å². The standard InChI is InChI=1S/C12H13NO2S/c1-3-15-11(14)6-9-4-8(2)5-10(7-13)12(9)16/h4-5,16H,3,6H2,1-2H3. The molecular weight excluding hydrogens is 222 g/mol. The predicted molar refractivity (Wildman–Crippen MR) is 63.5 cm³/mol. The van der Waals surface area contributed by atoms with Gasteiger partial charge in [0.1, 0.15) is 6.07 Å². The van der Waals surface area contributed by atoms with Crippen molar-refractivity contribution in [1.82, 2.24) is 0 Å². The normalized spacial score (nSPS) is 9.62. The van der Waals surface area contributed by atoms with E-state index in [1.165, 1.54) is 0 Å². The zero-order chi connectivity index (χ0) is 12.1. The fourth-order valence-electron chi connectivity index (χ4n) is 1.44. The molecule has 0 N–H and O–H groups in total. The van der Waals surface area contributed by atoms with Gasteiger partial charge in [0.05, 0.1) is 18.6 Å². The van der Waals surface area contributed by atoms with Crippen molar-refractivity contribution in [2.45, 2.75) is 25.2 Å². The van der Waals surface area contributed by atoms with E-state index in [0.717, 1.165) is 11.1 Å². The van der Waals surface area contributed by atoms with E-state index in [-0.39, 0.29) is 12.4 Å². The van der Waals surface area contributed by atoms with Gasteiger partial charge < -0.3 is 4.74 Å². The monoisotopic (exact) mass is 235 g/mol. The lowest BCUT2D eigenvalue weighted by molar-refractivity contribution is -0.142. The second kappa shape index (κ2) is 5.57. The Morgan fingerprint density at radius 1 is 1.56 bits per heavy atom. The number of nitrogens with zero attached hydrogens (tertiary/aromatic N) is 1. The topological polar surface area (TPSA) is 50.1 Å². The zero-order valence-electron chi connectivity index (χ0n) is 9.28. The van der Waals surface area contributed by atoms with Gasteiger partial charge in [-0.15, -0.1) is 12.6 Å². The molecule has 0 amide bonds. The second-order valence-electron chi connectivity index (χ2n) is 3.41. The van der Waals surface area contributed by atoms with Crippen molar-refractivity contribution in [2.75, 3.05) is 6.61 Å². The third-order valence-corrected chi connectivity index (χ3v) is 2.62. The molecule has 0 aliphatic carbocycles. The second-order valence-corrected chi connectivity index (χ2v) is 3.86. The van der Waals surface area contributed by atoms with Crippen LogP contribution in [0.5, 0.6) is 0 Å². The third kappa shape index (κ3) is 3.01. The molecule has 0 bridgehead atoms. The number of benzene rings is 1. The number of rotatable bonds is 3. The van der Waals surface area contributed by atoms with E-state index < -0.39 is 0 Å². The molecule has 0 unspecified atom stereocenters. The number of carbonyl (C=O) groups is 1. The summed E-state index contributed by atoms with van der Waals surface area (Å²) in [4.78, 5) is 11.9. The lowest BCUT2D eigenvalue weighted by Crippen LogP contribution is -2.08. The Labute approximate surface area is 100 Å². The molecule has 0 atom stereocenters. The Morgan fingerprint density at radius 2 is 2.25 bits per heavy atom. The van der Waals surface area contributed by atoms with Crippen LogP contribution in [0.15, 0.2) is 17.0 Å². The first-order valence-corrected chi connectivity index (χ1v) is 5.41. The first-order valence-electron chi connectivity index (χ1n) is 4.96. The quantitative estimate of drug-likeness (QED) is 0.646. The summed E-state index contributed by atoms with van der Waals surface area (Å²) in [5.74, 6) is -0.299. The molecule has 0 heterocycles. The number of thiol groups is 1. The summed E-state index contributed by atoms with van der Waals surface area (Å²) in [7, 11) is 0. The molecular formula is C12H13NO2S.